The van der Waals surface area contributed by atoms with Crippen LogP contribution in [0.4, 0.5) is 11.4 Å². The monoisotopic (exact) mass is 463 g/mol. The molecule has 8 nitrogen and oxygen atoms in total. The van der Waals surface area contributed by atoms with Gasteiger partial charge in [0, 0.05) is 23.3 Å². The van der Waals surface area contributed by atoms with Crippen LogP contribution in [0.15, 0.2) is 35.2 Å². The van der Waals surface area contributed by atoms with Crippen molar-refractivity contribution in [2.45, 2.75) is 37.6 Å². The number of rotatable bonds is 4. The fourth-order valence-electron chi connectivity index (χ4n) is 3.81. The molecule has 0 spiro atoms. The molecule has 0 saturated carbocycles. The summed E-state index contributed by atoms with van der Waals surface area (Å²) in [4.78, 5) is 24.5. The highest BCUT2D eigenvalue weighted by atomic mass is 35.5. The highest BCUT2D eigenvalue weighted by molar-refractivity contribution is 7.89. The van der Waals surface area contributed by atoms with Crippen molar-refractivity contribution in [1.29, 1.82) is 0 Å². The fourth-order valence-corrected chi connectivity index (χ4v) is 5.87. The van der Waals surface area contributed by atoms with Gasteiger partial charge in [-0.2, -0.15) is 4.31 Å². The second-order valence-corrected chi connectivity index (χ2v) is 9.94. The van der Waals surface area contributed by atoms with Gasteiger partial charge < -0.3 is 15.4 Å². The molecule has 164 valence electrons. The number of fused-ring (bicyclic) bond motifs is 1. The first-order valence-electron chi connectivity index (χ1n) is 9.83. The third-order valence-electron chi connectivity index (χ3n) is 5.44. The first kappa shape index (κ1) is 21.6. The predicted octanol–water partition coefficient (Wildman–Crippen LogP) is 3.08. The van der Waals surface area contributed by atoms with E-state index in [-0.39, 0.29) is 24.0 Å². The fraction of sp³-hybridized carbons (Fsp3) is 0.333. The highest BCUT2D eigenvalue weighted by Gasteiger charge is 2.40. The van der Waals surface area contributed by atoms with E-state index in [2.05, 4.69) is 10.6 Å². The molecule has 1 saturated heterocycles. The van der Waals surface area contributed by atoms with Crippen molar-refractivity contribution in [1.82, 2.24) is 4.31 Å². The second kappa shape index (κ2) is 8.14. The summed E-state index contributed by atoms with van der Waals surface area (Å²) in [5.74, 6) is -0.409. The number of carbonyl (C=O) groups excluding carboxylic acids is 2. The van der Waals surface area contributed by atoms with Crippen molar-refractivity contribution in [2.24, 2.45) is 0 Å². The number of nitrogens with zero attached hydrogens (tertiary/aromatic N) is 1. The Morgan fingerprint density at radius 1 is 1.23 bits per heavy atom. The predicted molar refractivity (Wildman–Crippen MR) is 117 cm³/mol. The summed E-state index contributed by atoms with van der Waals surface area (Å²) in [5, 5.41) is 5.96. The zero-order chi connectivity index (χ0) is 22.3. The molecule has 2 aromatic carbocycles. The SMILES string of the molecule is Cc1ccc(NC(=O)[C@H]2CCCN2S(=O)(=O)c2cc3c(cc2C)NC(=O)CO3)cc1Cl. The van der Waals surface area contributed by atoms with Gasteiger partial charge >= 0.3 is 0 Å². The number of hydrogen-bond donors (Lipinski definition) is 2. The normalized spacial score (nSPS) is 18.8. The molecule has 31 heavy (non-hydrogen) atoms. The molecule has 2 aliphatic rings. The Bertz CT molecular complexity index is 1180. The van der Waals surface area contributed by atoms with Crippen molar-refractivity contribution in [3.63, 3.8) is 0 Å². The molecule has 4 rings (SSSR count). The third-order valence-corrected chi connectivity index (χ3v) is 7.90. The minimum Gasteiger partial charge on any atom is -0.482 e. The number of amides is 2. The van der Waals surface area contributed by atoms with Crippen molar-refractivity contribution < 1.29 is 22.7 Å². The van der Waals surface area contributed by atoms with Crippen molar-refractivity contribution in [3.05, 3.63) is 46.5 Å². The minimum atomic E-state index is -3.96. The van der Waals surface area contributed by atoms with Crippen molar-refractivity contribution >= 4 is 44.8 Å². The largest absolute Gasteiger partial charge is 0.482 e. The number of nitrogens with one attached hydrogen (secondary N) is 2. The lowest BCUT2D eigenvalue weighted by molar-refractivity contribution is -0.119. The lowest BCUT2D eigenvalue weighted by Crippen LogP contribution is -2.43. The lowest BCUT2D eigenvalue weighted by atomic mass is 10.2. The van der Waals surface area contributed by atoms with Gasteiger partial charge in [-0.25, -0.2) is 8.42 Å². The lowest BCUT2D eigenvalue weighted by Gasteiger charge is -2.26. The van der Waals surface area contributed by atoms with Crippen LogP contribution < -0.4 is 15.4 Å². The van der Waals surface area contributed by atoms with Crippen LogP contribution in [-0.2, 0) is 19.6 Å². The summed E-state index contributed by atoms with van der Waals surface area (Å²) in [6.07, 6.45) is 0.990. The molecule has 0 radical (unpaired) electrons. The molecule has 1 fully saturated rings. The van der Waals surface area contributed by atoms with E-state index in [1.807, 2.05) is 6.92 Å². The van der Waals surface area contributed by atoms with E-state index >= 15 is 0 Å². The summed E-state index contributed by atoms with van der Waals surface area (Å²) >= 11 is 6.13. The number of sulfonamides is 1. The molecule has 2 N–H and O–H groups in total. The number of halogens is 1. The van der Waals surface area contributed by atoms with Gasteiger partial charge in [-0.1, -0.05) is 17.7 Å². The van der Waals surface area contributed by atoms with Crippen LogP contribution in [0.25, 0.3) is 0 Å². The van der Waals surface area contributed by atoms with Gasteiger partial charge in [0.1, 0.15) is 11.8 Å². The van der Waals surface area contributed by atoms with Crippen LogP contribution in [0.3, 0.4) is 0 Å². The molecule has 10 heteroatoms. The Hall–Kier alpha value is -2.62. The molecule has 0 aromatic heterocycles. The Labute approximate surface area is 185 Å². The molecular formula is C21H22ClN3O5S. The van der Waals surface area contributed by atoms with E-state index in [4.69, 9.17) is 16.3 Å². The van der Waals surface area contributed by atoms with Crippen LogP contribution in [0.2, 0.25) is 5.02 Å². The summed E-state index contributed by atoms with van der Waals surface area (Å²) in [6.45, 7) is 3.56. The van der Waals surface area contributed by atoms with Gasteiger partial charge in [-0.15, -0.1) is 0 Å². The number of carbonyl (C=O) groups is 2. The average molecular weight is 464 g/mol. The standard InChI is InChI=1S/C21H22ClN3O5S/c1-12-5-6-14(9-15(12)22)23-21(27)17-4-3-7-25(17)31(28,29)19-10-18-16(8-13(19)2)24-20(26)11-30-18/h5-6,8-10,17H,3-4,7,11H2,1-2H3,(H,23,27)(H,24,26)/t17-/m1/s1. The van der Waals surface area contributed by atoms with Crippen LogP contribution in [0.1, 0.15) is 24.0 Å². The first-order valence-corrected chi connectivity index (χ1v) is 11.6. The number of benzene rings is 2. The molecule has 2 aromatic rings. The van der Waals surface area contributed by atoms with Gasteiger partial charge in [0.15, 0.2) is 6.61 Å². The highest BCUT2D eigenvalue weighted by Crippen LogP contribution is 2.36. The van der Waals surface area contributed by atoms with Crippen molar-refractivity contribution in [3.8, 4) is 5.75 Å². The Morgan fingerprint density at radius 3 is 2.74 bits per heavy atom. The third kappa shape index (κ3) is 4.13. The molecule has 0 aliphatic carbocycles. The number of hydrogen-bond acceptors (Lipinski definition) is 5. The van der Waals surface area contributed by atoms with Gasteiger partial charge in [0.25, 0.3) is 5.91 Å². The summed E-state index contributed by atoms with van der Waals surface area (Å²) in [5.41, 5.74) is 2.28. The molecule has 2 aliphatic heterocycles. The molecular weight excluding hydrogens is 442 g/mol. The van der Waals surface area contributed by atoms with E-state index < -0.39 is 22.0 Å². The van der Waals surface area contributed by atoms with Gasteiger partial charge in [-0.3, -0.25) is 9.59 Å². The van der Waals surface area contributed by atoms with Crippen LogP contribution >= 0.6 is 11.6 Å². The average Bonchev–Trinajstić information content (AvgIpc) is 3.21. The summed E-state index contributed by atoms with van der Waals surface area (Å²) in [6, 6.07) is 7.30. The van der Waals surface area contributed by atoms with E-state index in [1.54, 1.807) is 31.2 Å². The molecule has 0 unspecified atom stereocenters. The van der Waals surface area contributed by atoms with Gasteiger partial charge in [0.05, 0.1) is 10.6 Å². The number of ether oxygens (including phenoxy) is 1. The zero-order valence-electron chi connectivity index (χ0n) is 17.1. The molecule has 2 amide bonds. The van der Waals surface area contributed by atoms with Crippen LogP contribution in [0, 0.1) is 13.8 Å². The zero-order valence-corrected chi connectivity index (χ0v) is 18.6. The molecule has 0 bridgehead atoms. The van der Waals surface area contributed by atoms with Gasteiger partial charge in [-0.05, 0) is 56.0 Å². The van der Waals surface area contributed by atoms with E-state index in [1.165, 1.54) is 10.4 Å². The Kier molecular flexibility index (Phi) is 5.67. The maximum absolute atomic E-state index is 13.5. The quantitative estimate of drug-likeness (QED) is 0.725. The number of aryl methyl sites for hydroxylation is 2. The van der Waals surface area contributed by atoms with Crippen LogP contribution in [0.5, 0.6) is 5.75 Å². The summed E-state index contributed by atoms with van der Waals surface area (Å²) in [7, 11) is -3.96. The number of anilines is 2. The second-order valence-electron chi connectivity index (χ2n) is 7.68. The Morgan fingerprint density at radius 2 is 2.00 bits per heavy atom. The summed E-state index contributed by atoms with van der Waals surface area (Å²) < 4.78 is 33.5. The maximum atomic E-state index is 13.5. The van der Waals surface area contributed by atoms with Crippen molar-refractivity contribution in [2.75, 3.05) is 23.8 Å². The minimum absolute atomic E-state index is 0.0560. The van der Waals surface area contributed by atoms with Crippen LogP contribution in [-0.4, -0.2) is 43.7 Å². The maximum Gasteiger partial charge on any atom is 0.262 e. The van der Waals surface area contributed by atoms with Gasteiger partial charge in [0.2, 0.25) is 15.9 Å². The molecule has 1 atom stereocenters. The van der Waals surface area contributed by atoms with E-state index in [9.17, 15) is 18.0 Å². The van der Waals surface area contributed by atoms with E-state index in [0.717, 1.165) is 5.56 Å². The molecule has 2 heterocycles. The topological polar surface area (TPSA) is 105 Å². The first-order chi connectivity index (χ1) is 14.7. The Balaban J connectivity index is 1.61. The smallest absolute Gasteiger partial charge is 0.262 e. The van der Waals surface area contributed by atoms with E-state index in [0.29, 0.717) is 40.6 Å².